The predicted molar refractivity (Wildman–Crippen MR) is 82.7 cm³/mol. The molecule has 0 spiro atoms. The molecule has 5 nitrogen and oxygen atoms in total. The summed E-state index contributed by atoms with van der Waals surface area (Å²) in [5.74, 6) is -0.381. The molecule has 6 heteroatoms. The summed E-state index contributed by atoms with van der Waals surface area (Å²) in [7, 11) is 0. The summed E-state index contributed by atoms with van der Waals surface area (Å²) >= 11 is 0. The second-order valence-electron chi connectivity index (χ2n) is 5.02. The van der Waals surface area contributed by atoms with Crippen molar-refractivity contribution in [2.45, 2.75) is 0 Å². The molecule has 3 N–H and O–H groups in total. The minimum atomic E-state index is -0.381. The average Bonchev–Trinajstić information content (AvgIpc) is 2.86. The lowest BCUT2D eigenvalue weighted by atomic mass is 10.1. The molecule has 0 saturated carbocycles. The van der Waals surface area contributed by atoms with Gasteiger partial charge in [-0.25, -0.2) is 4.39 Å². The molecule has 0 atom stereocenters. The van der Waals surface area contributed by atoms with Gasteiger partial charge < -0.3 is 10.7 Å². The number of aromatic amines is 1. The Kier molecular flexibility index (Phi) is 2.53. The number of nitrogens with one attached hydrogen (secondary N) is 1. The first-order valence-electron chi connectivity index (χ1n) is 6.70. The predicted octanol–water partition coefficient (Wildman–Crippen LogP) is 2.54. The molecule has 2 heterocycles. The van der Waals surface area contributed by atoms with Crippen LogP contribution in [0.1, 0.15) is 0 Å². The van der Waals surface area contributed by atoms with Gasteiger partial charge in [0.25, 0.3) is 5.56 Å². The molecule has 2 aliphatic rings. The molecule has 0 aliphatic carbocycles. The normalized spacial score (nSPS) is 11.3. The van der Waals surface area contributed by atoms with E-state index < -0.39 is 0 Å². The molecule has 108 valence electrons. The van der Waals surface area contributed by atoms with E-state index in [1.54, 1.807) is 36.4 Å². The van der Waals surface area contributed by atoms with Crippen molar-refractivity contribution in [1.82, 2.24) is 14.8 Å². The first-order chi connectivity index (χ1) is 10.6. The quantitative estimate of drug-likeness (QED) is 0.530. The highest BCUT2D eigenvalue weighted by atomic mass is 19.1. The van der Waals surface area contributed by atoms with Crippen molar-refractivity contribution in [2.24, 2.45) is 0 Å². The minimum absolute atomic E-state index is 0.262. The van der Waals surface area contributed by atoms with Gasteiger partial charge in [-0.1, -0.05) is 12.1 Å². The number of nitrogen functional groups attached to an aromatic ring is 1. The van der Waals surface area contributed by atoms with E-state index in [9.17, 15) is 9.18 Å². The van der Waals surface area contributed by atoms with Crippen LogP contribution in [0.2, 0.25) is 0 Å². The Labute approximate surface area is 124 Å². The van der Waals surface area contributed by atoms with Crippen LogP contribution in [0.5, 0.6) is 0 Å². The van der Waals surface area contributed by atoms with E-state index in [4.69, 9.17) is 5.73 Å². The molecule has 0 radical (unpaired) electrons. The number of para-hydroxylation sites is 1. The molecule has 0 saturated heterocycles. The topological polar surface area (TPSA) is 76.7 Å². The Morgan fingerprint density at radius 2 is 1.91 bits per heavy atom. The van der Waals surface area contributed by atoms with E-state index in [-0.39, 0.29) is 11.4 Å². The maximum Gasteiger partial charge on any atom is 0.282 e. The van der Waals surface area contributed by atoms with Gasteiger partial charge in [0.1, 0.15) is 11.5 Å². The summed E-state index contributed by atoms with van der Waals surface area (Å²) in [5, 5.41) is 4.93. The van der Waals surface area contributed by atoms with E-state index in [0.29, 0.717) is 33.5 Å². The van der Waals surface area contributed by atoms with Crippen LogP contribution >= 0.6 is 0 Å². The third-order valence-electron chi connectivity index (χ3n) is 3.65. The second-order valence-corrected chi connectivity index (χ2v) is 5.02. The number of nitrogens with zero attached hydrogens (tertiary/aromatic N) is 2. The lowest BCUT2D eigenvalue weighted by Crippen LogP contribution is -2.14. The monoisotopic (exact) mass is 294 g/mol. The van der Waals surface area contributed by atoms with Gasteiger partial charge in [0, 0.05) is 17.3 Å². The molecule has 0 amide bonds. The van der Waals surface area contributed by atoms with Gasteiger partial charge in [-0.3, -0.25) is 4.79 Å². The third-order valence-corrected chi connectivity index (χ3v) is 3.65. The molecule has 0 fully saturated rings. The van der Waals surface area contributed by atoms with Gasteiger partial charge >= 0.3 is 0 Å². The Balaban J connectivity index is 2.06. The maximum absolute atomic E-state index is 13.8. The molecule has 0 aromatic heterocycles. The number of pyridine rings is 1. The highest BCUT2D eigenvalue weighted by Crippen LogP contribution is 2.27. The highest BCUT2D eigenvalue weighted by molar-refractivity contribution is 5.93. The zero-order chi connectivity index (χ0) is 15.3. The van der Waals surface area contributed by atoms with Crippen molar-refractivity contribution in [3.63, 3.8) is 0 Å². The zero-order valence-corrected chi connectivity index (χ0v) is 11.4. The van der Waals surface area contributed by atoms with Crippen LogP contribution in [-0.4, -0.2) is 14.8 Å². The van der Waals surface area contributed by atoms with Crippen LogP contribution in [0.3, 0.4) is 0 Å². The van der Waals surface area contributed by atoms with Gasteiger partial charge in [-0.05, 0) is 30.3 Å². The third kappa shape index (κ3) is 1.70. The number of halogens is 1. The van der Waals surface area contributed by atoms with Gasteiger partial charge in [0.05, 0.1) is 16.8 Å². The smallest absolute Gasteiger partial charge is 0.282 e. The van der Waals surface area contributed by atoms with Crippen molar-refractivity contribution in [2.75, 3.05) is 5.73 Å². The van der Waals surface area contributed by atoms with Crippen LogP contribution in [0.25, 0.3) is 27.8 Å². The highest BCUT2D eigenvalue weighted by Gasteiger charge is 2.19. The average molecular weight is 294 g/mol. The van der Waals surface area contributed by atoms with Crippen molar-refractivity contribution in [3.05, 3.63) is 64.8 Å². The van der Waals surface area contributed by atoms with Crippen LogP contribution in [0.4, 0.5) is 10.1 Å². The number of fused-ring (bicyclic) bond motifs is 3. The van der Waals surface area contributed by atoms with Gasteiger partial charge in [0.15, 0.2) is 0 Å². The summed E-state index contributed by atoms with van der Waals surface area (Å²) in [6, 6.07) is 11.5. The Hall–Kier alpha value is -3.15. The summed E-state index contributed by atoms with van der Waals surface area (Å²) in [6.07, 6.45) is 1.49. The fraction of sp³-hybridized carbons (Fsp3) is 0. The van der Waals surface area contributed by atoms with E-state index in [2.05, 4.69) is 10.1 Å². The number of benzene rings is 2. The number of rotatable bonds is 1. The lowest BCUT2D eigenvalue weighted by molar-refractivity contribution is 0.637. The van der Waals surface area contributed by atoms with Crippen LogP contribution < -0.4 is 11.3 Å². The number of nitrogens with two attached hydrogens (primary N) is 1. The van der Waals surface area contributed by atoms with Crippen molar-refractivity contribution < 1.29 is 4.39 Å². The van der Waals surface area contributed by atoms with E-state index in [0.717, 1.165) is 0 Å². The zero-order valence-electron chi connectivity index (χ0n) is 11.4. The first kappa shape index (κ1) is 12.6. The Morgan fingerprint density at radius 1 is 1.14 bits per heavy atom. The second kappa shape index (κ2) is 4.42. The molecular formula is C16H11FN4O. The fourth-order valence-corrected chi connectivity index (χ4v) is 2.55. The van der Waals surface area contributed by atoms with E-state index in [1.807, 2.05) is 0 Å². The number of hydrogen-bond acceptors (Lipinski definition) is 3. The molecular weight excluding hydrogens is 283 g/mol. The van der Waals surface area contributed by atoms with Gasteiger partial charge in [-0.15, -0.1) is 0 Å². The Bertz CT molecular complexity index is 1020. The molecule has 4 rings (SSSR count). The molecule has 0 bridgehead atoms. The standard InChI is InChI=1S/C16H11FN4O/c17-13-3-1-2-11-14-12(8-19-15(11)13)16(22)21(20-14)10-6-4-9(18)5-7-10/h1-8,19H,18H2. The summed E-state index contributed by atoms with van der Waals surface area (Å²) in [5.41, 5.74) is 7.82. The number of hydrogen-bond donors (Lipinski definition) is 2. The number of aromatic nitrogens is 3. The van der Waals surface area contributed by atoms with Crippen LogP contribution in [0.15, 0.2) is 53.5 Å². The number of anilines is 1. The summed E-state index contributed by atoms with van der Waals surface area (Å²) < 4.78 is 15.1. The summed E-state index contributed by atoms with van der Waals surface area (Å²) in [4.78, 5) is 15.3. The maximum atomic E-state index is 13.8. The SMILES string of the molecule is Nc1ccc(-n2nc3c4cccc(F)c4[nH]cc-3c2=O)cc1. The van der Waals surface area contributed by atoms with Gasteiger partial charge in [0.2, 0.25) is 0 Å². The lowest BCUT2D eigenvalue weighted by Gasteiger charge is -2.02. The van der Waals surface area contributed by atoms with Crippen molar-refractivity contribution in [3.8, 4) is 16.9 Å². The van der Waals surface area contributed by atoms with Crippen LogP contribution in [-0.2, 0) is 0 Å². The summed E-state index contributed by atoms with van der Waals surface area (Å²) in [6.45, 7) is 0. The fourth-order valence-electron chi connectivity index (χ4n) is 2.55. The van der Waals surface area contributed by atoms with Crippen molar-refractivity contribution >= 4 is 16.6 Å². The van der Waals surface area contributed by atoms with Gasteiger partial charge in [-0.2, -0.15) is 9.78 Å². The minimum Gasteiger partial charge on any atom is -0.399 e. The van der Waals surface area contributed by atoms with Crippen LogP contribution in [0, 0.1) is 5.82 Å². The molecule has 2 aromatic carbocycles. The molecule has 2 aromatic rings. The largest absolute Gasteiger partial charge is 0.399 e. The van der Waals surface area contributed by atoms with Crippen molar-refractivity contribution in [1.29, 1.82) is 0 Å². The molecule has 22 heavy (non-hydrogen) atoms. The Morgan fingerprint density at radius 3 is 2.68 bits per heavy atom. The molecule has 2 aliphatic heterocycles. The molecule has 0 unspecified atom stereocenters. The van der Waals surface area contributed by atoms with E-state index in [1.165, 1.54) is 16.9 Å². The number of H-pyrrole nitrogens is 1. The van der Waals surface area contributed by atoms with E-state index >= 15 is 0 Å². The first-order valence-corrected chi connectivity index (χ1v) is 6.70.